The van der Waals surface area contributed by atoms with Crippen LogP contribution in [0.3, 0.4) is 0 Å². The Hall–Kier alpha value is -2.21. The molecule has 6 heteroatoms. The fourth-order valence-corrected chi connectivity index (χ4v) is 3.51. The van der Waals surface area contributed by atoms with E-state index >= 15 is 0 Å². The molecule has 2 heterocycles. The van der Waals surface area contributed by atoms with Gasteiger partial charge in [-0.15, -0.1) is 0 Å². The molecule has 27 heavy (non-hydrogen) atoms. The molecule has 1 fully saturated rings. The van der Waals surface area contributed by atoms with Crippen LogP contribution in [-0.4, -0.2) is 46.6 Å². The lowest BCUT2D eigenvalue weighted by Crippen LogP contribution is -2.42. The summed E-state index contributed by atoms with van der Waals surface area (Å²) < 4.78 is 5.37. The Morgan fingerprint density at radius 2 is 2.11 bits per heavy atom. The van der Waals surface area contributed by atoms with Gasteiger partial charge in [0.1, 0.15) is 0 Å². The summed E-state index contributed by atoms with van der Waals surface area (Å²) in [6, 6.07) is 8.54. The Labute approximate surface area is 161 Å². The molecule has 1 aliphatic heterocycles. The van der Waals surface area contributed by atoms with Crippen molar-refractivity contribution in [2.24, 2.45) is 0 Å². The van der Waals surface area contributed by atoms with E-state index in [1.54, 1.807) is 0 Å². The van der Waals surface area contributed by atoms with E-state index in [4.69, 9.17) is 4.52 Å². The smallest absolute Gasteiger partial charge is 0.227 e. The minimum Gasteiger partial charge on any atom is -0.339 e. The van der Waals surface area contributed by atoms with Gasteiger partial charge < -0.3 is 14.7 Å². The van der Waals surface area contributed by atoms with Crippen molar-refractivity contribution in [1.29, 1.82) is 0 Å². The number of hydrogen-bond donors (Lipinski definition) is 1. The fourth-order valence-electron chi connectivity index (χ4n) is 3.51. The lowest BCUT2D eigenvalue weighted by molar-refractivity contribution is -0.133. The van der Waals surface area contributed by atoms with E-state index in [1.165, 1.54) is 5.56 Å². The highest BCUT2D eigenvalue weighted by atomic mass is 16.5. The first kappa shape index (κ1) is 19.5. The number of carbonyl (C=O) groups is 1. The molecule has 2 aromatic rings. The Bertz CT molecular complexity index is 733. The predicted octanol–water partition coefficient (Wildman–Crippen LogP) is 3.39. The molecule has 0 bridgehead atoms. The van der Waals surface area contributed by atoms with E-state index in [-0.39, 0.29) is 5.91 Å². The first-order valence-electron chi connectivity index (χ1n) is 10.0. The Morgan fingerprint density at radius 1 is 1.33 bits per heavy atom. The SMILES string of the molecule is CCCN(C(=O)CCc1nc(-c2ccc(C(C)C)cc2)no1)C1CCNC1. The zero-order valence-corrected chi connectivity index (χ0v) is 16.6. The number of rotatable bonds is 8. The normalized spacial score (nSPS) is 16.8. The molecule has 1 atom stereocenters. The van der Waals surface area contributed by atoms with Crippen LogP contribution in [0.5, 0.6) is 0 Å². The van der Waals surface area contributed by atoms with Gasteiger partial charge in [-0.05, 0) is 30.9 Å². The molecule has 6 nitrogen and oxygen atoms in total. The van der Waals surface area contributed by atoms with Crippen molar-refractivity contribution in [1.82, 2.24) is 20.4 Å². The fraction of sp³-hybridized carbons (Fsp3) is 0.571. The van der Waals surface area contributed by atoms with Crippen LogP contribution in [-0.2, 0) is 11.2 Å². The highest BCUT2D eigenvalue weighted by Crippen LogP contribution is 2.21. The molecule has 1 amide bonds. The molecule has 146 valence electrons. The molecule has 0 radical (unpaired) electrons. The molecule has 1 aromatic carbocycles. The van der Waals surface area contributed by atoms with Crippen molar-refractivity contribution in [2.75, 3.05) is 19.6 Å². The van der Waals surface area contributed by atoms with Gasteiger partial charge in [-0.3, -0.25) is 4.79 Å². The number of benzene rings is 1. The molecule has 1 aliphatic rings. The summed E-state index contributed by atoms with van der Waals surface area (Å²) in [4.78, 5) is 19.2. The second-order valence-electron chi connectivity index (χ2n) is 7.52. The van der Waals surface area contributed by atoms with Crippen molar-refractivity contribution in [3.63, 3.8) is 0 Å². The van der Waals surface area contributed by atoms with E-state index in [9.17, 15) is 4.79 Å². The van der Waals surface area contributed by atoms with Crippen molar-refractivity contribution in [3.8, 4) is 11.4 Å². The number of nitrogens with zero attached hydrogens (tertiary/aromatic N) is 3. The molecular weight excluding hydrogens is 340 g/mol. The van der Waals surface area contributed by atoms with Crippen LogP contribution in [0.15, 0.2) is 28.8 Å². The van der Waals surface area contributed by atoms with Crippen LogP contribution in [0, 0.1) is 0 Å². The lowest BCUT2D eigenvalue weighted by Gasteiger charge is -2.28. The third-order valence-electron chi connectivity index (χ3n) is 5.12. The van der Waals surface area contributed by atoms with E-state index in [0.717, 1.165) is 38.0 Å². The molecule has 1 unspecified atom stereocenters. The maximum Gasteiger partial charge on any atom is 0.227 e. The zero-order valence-electron chi connectivity index (χ0n) is 16.6. The third kappa shape index (κ3) is 4.95. The van der Waals surface area contributed by atoms with Crippen molar-refractivity contribution in [2.45, 2.75) is 58.4 Å². The lowest BCUT2D eigenvalue weighted by atomic mass is 10.0. The first-order chi connectivity index (χ1) is 13.1. The molecule has 0 aliphatic carbocycles. The molecule has 3 rings (SSSR count). The van der Waals surface area contributed by atoms with Gasteiger partial charge in [-0.25, -0.2) is 0 Å². The summed E-state index contributed by atoms with van der Waals surface area (Å²) in [6.45, 7) is 9.13. The zero-order chi connectivity index (χ0) is 19.2. The van der Waals surface area contributed by atoms with Crippen LogP contribution >= 0.6 is 0 Å². The number of amides is 1. The second kappa shape index (κ2) is 9.13. The highest BCUT2D eigenvalue weighted by Gasteiger charge is 2.25. The van der Waals surface area contributed by atoms with Crippen LogP contribution in [0.2, 0.25) is 0 Å². The molecule has 0 spiro atoms. The molecule has 0 saturated carbocycles. The summed E-state index contributed by atoms with van der Waals surface area (Å²) in [5, 5.41) is 7.41. The Kier molecular flexibility index (Phi) is 6.61. The van der Waals surface area contributed by atoms with Gasteiger partial charge in [0.2, 0.25) is 17.6 Å². The number of nitrogens with one attached hydrogen (secondary N) is 1. The summed E-state index contributed by atoms with van der Waals surface area (Å²) >= 11 is 0. The molecular formula is C21H30N4O2. The minimum atomic E-state index is 0.173. The van der Waals surface area contributed by atoms with Crippen LogP contribution in [0.1, 0.15) is 57.4 Å². The number of aromatic nitrogens is 2. The van der Waals surface area contributed by atoms with Crippen LogP contribution < -0.4 is 5.32 Å². The van der Waals surface area contributed by atoms with E-state index in [1.807, 2.05) is 17.0 Å². The summed E-state index contributed by atoms with van der Waals surface area (Å²) in [6.07, 6.45) is 2.89. The minimum absolute atomic E-state index is 0.173. The van der Waals surface area contributed by atoms with E-state index in [2.05, 4.69) is 48.4 Å². The average Bonchev–Trinajstić information content (AvgIpc) is 3.36. The van der Waals surface area contributed by atoms with Gasteiger partial charge in [0.05, 0.1) is 0 Å². The second-order valence-corrected chi connectivity index (χ2v) is 7.52. The predicted molar refractivity (Wildman–Crippen MR) is 105 cm³/mol. The van der Waals surface area contributed by atoms with Crippen LogP contribution in [0.25, 0.3) is 11.4 Å². The third-order valence-corrected chi connectivity index (χ3v) is 5.12. The number of hydrogen-bond acceptors (Lipinski definition) is 5. The van der Waals surface area contributed by atoms with Gasteiger partial charge in [0, 0.05) is 37.5 Å². The Morgan fingerprint density at radius 3 is 2.74 bits per heavy atom. The van der Waals surface area contributed by atoms with Gasteiger partial charge >= 0.3 is 0 Å². The van der Waals surface area contributed by atoms with Crippen molar-refractivity contribution >= 4 is 5.91 Å². The van der Waals surface area contributed by atoms with E-state index in [0.29, 0.717) is 36.5 Å². The standard InChI is InChI=1S/C21H30N4O2/c1-4-13-25(18-11-12-22-14-18)20(26)10-9-19-23-21(24-27-19)17-7-5-16(6-8-17)15(2)3/h5-8,15,18,22H,4,9-14H2,1-3H3. The largest absolute Gasteiger partial charge is 0.339 e. The summed E-state index contributed by atoms with van der Waals surface area (Å²) in [5.41, 5.74) is 2.22. The summed E-state index contributed by atoms with van der Waals surface area (Å²) in [7, 11) is 0. The quantitative estimate of drug-likeness (QED) is 0.771. The van der Waals surface area contributed by atoms with Gasteiger partial charge in [0.15, 0.2) is 0 Å². The average molecular weight is 370 g/mol. The maximum atomic E-state index is 12.7. The molecule has 1 saturated heterocycles. The summed E-state index contributed by atoms with van der Waals surface area (Å²) in [5.74, 6) is 1.77. The van der Waals surface area contributed by atoms with Crippen molar-refractivity contribution < 1.29 is 9.32 Å². The topological polar surface area (TPSA) is 71.3 Å². The van der Waals surface area contributed by atoms with Gasteiger partial charge in [-0.1, -0.05) is 50.2 Å². The molecule has 1 N–H and O–H groups in total. The molecule has 1 aromatic heterocycles. The Balaban J connectivity index is 1.59. The van der Waals surface area contributed by atoms with E-state index < -0.39 is 0 Å². The van der Waals surface area contributed by atoms with Gasteiger partial charge in [-0.2, -0.15) is 4.98 Å². The number of aryl methyl sites for hydroxylation is 1. The first-order valence-corrected chi connectivity index (χ1v) is 10.0. The van der Waals surface area contributed by atoms with Crippen LogP contribution in [0.4, 0.5) is 0 Å². The van der Waals surface area contributed by atoms with Gasteiger partial charge in [0.25, 0.3) is 0 Å². The maximum absolute atomic E-state index is 12.7. The highest BCUT2D eigenvalue weighted by molar-refractivity contribution is 5.76. The van der Waals surface area contributed by atoms with Crippen molar-refractivity contribution in [3.05, 3.63) is 35.7 Å². The monoisotopic (exact) mass is 370 g/mol. The number of carbonyl (C=O) groups excluding carboxylic acids is 1.